The van der Waals surface area contributed by atoms with E-state index in [1.807, 2.05) is 6.08 Å². The van der Waals surface area contributed by atoms with Gasteiger partial charge < -0.3 is 14.9 Å². The predicted molar refractivity (Wildman–Crippen MR) is 105 cm³/mol. The summed E-state index contributed by atoms with van der Waals surface area (Å²) in [6.45, 7) is 2.96. The third-order valence-corrected chi connectivity index (χ3v) is 8.32. The molecule has 0 radical (unpaired) electrons. The Morgan fingerprint density at radius 1 is 1.28 bits per heavy atom. The van der Waals surface area contributed by atoms with Gasteiger partial charge in [0.1, 0.15) is 6.61 Å². The molecule has 0 bridgehead atoms. The largest absolute Gasteiger partial charge is 0.458 e. The van der Waals surface area contributed by atoms with Gasteiger partial charge in [-0.15, -0.1) is 0 Å². The van der Waals surface area contributed by atoms with E-state index in [2.05, 4.69) is 6.92 Å². The van der Waals surface area contributed by atoms with E-state index in [-0.39, 0.29) is 47.9 Å². The van der Waals surface area contributed by atoms with Crippen molar-refractivity contribution in [2.75, 3.05) is 13.2 Å². The molecule has 0 spiro atoms. The summed E-state index contributed by atoms with van der Waals surface area (Å²) in [6, 6.07) is 0. The molecular weight excluding hydrogens is 372 g/mol. The predicted octanol–water partition coefficient (Wildman–Crippen LogP) is 1.99. The first kappa shape index (κ1) is 20.5. The number of Topliss-reactive ketones (excluding diaryl/α,β-unsaturated/α-hetero) is 1. The van der Waals surface area contributed by atoms with E-state index >= 15 is 0 Å². The number of aliphatic hydroxyl groups is 2. The second-order valence-corrected chi connectivity index (χ2v) is 9.56. The number of hydrogen-bond acceptors (Lipinski definition) is 6. The fraction of sp³-hybridized carbons (Fsp3) is 0.696. The summed E-state index contributed by atoms with van der Waals surface area (Å²) < 4.78 is 4.93. The van der Waals surface area contributed by atoms with Crippen LogP contribution in [-0.4, -0.2) is 47.1 Å². The number of hydrogen-bond donors (Lipinski definition) is 2. The number of carbonyl (C=O) groups excluding carboxylic acids is 3. The molecule has 0 heterocycles. The summed E-state index contributed by atoms with van der Waals surface area (Å²) in [5, 5.41) is 21.7. The van der Waals surface area contributed by atoms with Crippen LogP contribution in [0.4, 0.5) is 0 Å². The van der Waals surface area contributed by atoms with Crippen LogP contribution < -0.4 is 0 Å². The molecule has 0 aromatic carbocycles. The van der Waals surface area contributed by atoms with Crippen molar-refractivity contribution in [3.05, 3.63) is 23.8 Å². The van der Waals surface area contributed by atoms with Gasteiger partial charge in [0.15, 0.2) is 11.6 Å². The van der Waals surface area contributed by atoms with E-state index in [9.17, 15) is 24.6 Å². The van der Waals surface area contributed by atoms with E-state index in [0.717, 1.165) is 24.8 Å². The molecule has 4 aliphatic carbocycles. The van der Waals surface area contributed by atoms with Crippen molar-refractivity contribution in [1.29, 1.82) is 0 Å². The lowest BCUT2D eigenvalue weighted by molar-refractivity contribution is -0.158. The lowest BCUT2D eigenvalue weighted by atomic mass is 9.46. The van der Waals surface area contributed by atoms with Gasteiger partial charge in [-0.2, -0.15) is 0 Å². The molecule has 4 aliphatic rings. The molecule has 0 aliphatic heterocycles. The van der Waals surface area contributed by atoms with Gasteiger partial charge in [0.2, 0.25) is 0 Å². The van der Waals surface area contributed by atoms with Gasteiger partial charge in [-0.1, -0.05) is 18.6 Å². The Morgan fingerprint density at radius 2 is 2.03 bits per heavy atom. The van der Waals surface area contributed by atoms with Crippen LogP contribution in [-0.2, 0) is 19.1 Å². The van der Waals surface area contributed by atoms with Crippen molar-refractivity contribution in [1.82, 2.24) is 0 Å². The second-order valence-electron chi connectivity index (χ2n) is 9.56. The van der Waals surface area contributed by atoms with Crippen LogP contribution in [0.25, 0.3) is 0 Å². The second kappa shape index (κ2) is 7.17. The quantitative estimate of drug-likeness (QED) is 0.698. The first-order valence-electron chi connectivity index (χ1n) is 10.6. The average Bonchev–Trinajstić information content (AvgIpc) is 3.06. The number of ether oxygens (including phenoxy) is 1. The summed E-state index contributed by atoms with van der Waals surface area (Å²) in [5.74, 6) is -0.766. The van der Waals surface area contributed by atoms with Crippen molar-refractivity contribution in [3.8, 4) is 0 Å². The molecule has 3 fully saturated rings. The third-order valence-electron chi connectivity index (χ3n) is 8.32. The minimum absolute atomic E-state index is 0.00271. The number of aliphatic hydroxyl groups excluding tert-OH is 2. The number of rotatable bonds is 4. The molecule has 0 amide bonds. The van der Waals surface area contributed by atoms with Crippen molar-refractivity contribution in [2.24, 2.45) is 34.5 Å². The molecule has 0 aromatic heterocycles. The number of allylic oxidation sites excluding steroid dienone is 4. The van der Waals surface area contributed by atoms with Crippen LogP contribution in [0.15, 0.2) is 23.8 Å². The number of fused-ring (bicyclic) bond motifs is 5. The van der Waals surface area contributed by atoms with E-state index < -0.39 is 23.4 Å². The van der Waals surface area contributed by atoms with Crippen LogP contribution in [0.1, 0.15) is 46.0 Å². The molecule has 158 valence electrons. The highest BCUT2D eigenvalue weighted by molar-refractivity contribution is 6.01. The van der Waals surface area contributed by atoms with E-state index in [0.29, 0.717) is 12.8 Å². The van der Waals surface area contributed by atoms with Crippen molar-refractivity contribution < 1.29 is 29.3 Å². The molecule has 3 saturated carbocycles. The van der Waals surface area contributed by atoms with Gasteiger partial charge in [-0.3, -0.25) is 14.4 Å². The zero-order valence-electron chi connectivity index (χ0n) is 17.1. The third kappa shape index (κ3) is 3.03. The standard InChI is InChI=1S/C23H30O6/c1-13(25)29-11-20(28)18-6-5-17-16-4-3-14-9-15(26)7-8-22(14,2)21(16)19(27)10-23(17,18)12-24/h7-9,16-19,21,24,27H,3-6,10-12H2,1-2H3/t16-,17+,18+,19-,21-,22-,23+/m0/s1. The minimum Gasteiger partial charge on any atom is -0.458 e. The van der Waals surface area contributed by atoms with Gasteiger partial charge in [-0.25, -0.2) is 0 Å². The van der Waals surface area contributed by atoms with E-state index in [1.165, 1.54) is 6.92 Å². The van der Waals surface area contributed by atoms with Crippen molar-refractivity contribution in [2.45, 2.75) is 52.1 Å². The molecule has 0 aromatic rings. The molecule has 4 rings (SSSR count). The first-order chi connectivity index (χ1) is 13.7. The highest BCUT2D eigenvalue weighted by Gasteiger charge is 2.64. The molecule has 6 nitrogen and oxygen atoms in total. The zero-order chi connectivity index (χ0) is 21.0. The maximum Gasteiger partial charge on any atom is 0.303 e. The van der Waals surface area contributed by atoms with E-state index in [1.54, 1.807) is 12.2 Å². The van der Waals surface area contributed by atoms with Gasteiger partial charge >= 0.3 is 5.97 Å². The Bertz CT molecular complexity index is 797. The molecule has 0 saturated heterocycles. The lowest BCUT2D eigenvalue weighted by Gasteiger charge is -2.59. The molecule has 29 heavy (non-hydrogen) atoms. The van der Waals surface area contributed by atoms with Crippen LogP contribution in [0, 0.1) is 34.5 Å². The summed E-state index contributed by atoms with van der Waals surface area (Å²) in [6.07, 6.45) is 8.08. The van der Waals surface area contributed by atoms with Crippen LogP contribution in [0.5, 0.6) is 0 Å². The van der Waals surface area contributed by atoms with Crippen molar-refractivity contribution in [3.63, 3.8) is 0 Å². The fourth-order valence-electron chi connectivity index (χ4n) is 7.16. The Balaban J connectivity index is 1.65. The van der Waals surface area contributed by atoms with Gasteiger partial charge in [-0.05, 0) is 56.1 Å². The highest BCUT2D eigenvalue weighted by atomic mass is 16.5. The summed E-state index contributed by atoms with van der Waals surface area (Å²) in [5.41, 5.74) is 0.0589. The fourth-order valence-corrected chi connectivity index (χ4v) is 7.16. The molecule has 7 atom stereocenters. The van der Waals surface area contributed by atoms with Crippen LogP contribution in [0.3, 0.4) is 0 Å². The summed E-state index contributed by atoms with van der Waals surface area (Å²) >= 11 is 0. The maximum atomic E-state index is 12.8. The Labute approximate surface area is 171 Å². The smallest absolute Gasteiger partial charge is 0.303 e. The maximum absolute atomic E-state index is 12.8. The van der Waals surface area contributed by atoms with Gasteiger partial charge in [0, 0.05) is 36.2 Å². The lowest BCUT2D eigenvalue weighted by Crippen LogP contribution is -2.58. The highest BCUT2D eigenvalue weighted by Crippen LogP contribution is 2.66. The number of carbonyl (C=O) groups is 3. The first-order valence-corrected chi connectivity index (χ1v) is 10.6. The Morgan fingerprint density at radius 3 is 2.72 bits per heavy atom. The number of ketones is 2. The van der Waals surface area contributed by atoms with Crippen molar-refractivity contribution >= 4 is 17.5 Å². The monoisotopic (exact) mass is 402 g/mol. The molecule has 6 heteroatoms. The van der Waals surface area contributed by atoms with Gasteiger partial charge in [0.05, 0.1) is 6.10 Å². The Hall–Kier alpha value is -1.79. The zero-order valence-corrected chi connectivity index (χ0v) is 17.1. The SMILES string of the molecule is CC(=O)OCC(=O)[C@H]1CC[C@@H]2[C@@H]3CCC4=CC(=O)C=C[C@]4(C)[C@@H]3[C@@H](O)C[C@]12CO. The summed E-state index contributed by atoms with van der Waals surface area (Å²) in [4.78, 5) is 35.8. The van der Waals surface area contributed by atoms with E-state index in [4.69, 9.17) is 4.74 Å². The summed E-state index contributed by atoms with van der Waals surface area (Å²) in [7, 11) is 0. The number of esters is 1. The molecule has 0 unspecified atom stereocenters. The average molecular weight is 402 g/mol. The topological polar surface area (TPSA) is 101 Å². The van der Waals surface area contributed by atoms with Crippen LogP contribution in [0.2, 0.25) is 0 Å². The molecular formula is C23H30O6. The minimum atomic E-state index is -0.669. The molecule has 2 N–H and O–H groups in total. The normalized spacial score (nSPS) is 43.1. The Kier molecular flexibility index (Phi) is 5.06. The van der Waals surface area contributed by atoms with Gasteiger partial charge in [0.25, 0.3) is 0 Å². The van der Waals surface area contributed by atoms with Crippen LogP contribution >= 0.6 is 0 Å².